The van der Waals surface area contributed by atoms with Crippen LogP contribution in [0.4, 0.5) is 0 Å². The second-order valence-corrected chi connectivity index (χ2v) is 7.51. The fraction of sp³-hybridized carbons (Fsp3) is 0.714. The molecule has 0 saturated heterocycles. The van der Waals surface area contributed by atoms with Crippen molar-refractivity contribution in [2.45, 2.75) is 57.5 Å². The van der Waals surface area contributed by atoms with Crippen LogP contribution in [0.25, 0.3) is 0 Å². The van der Waals surface area contributed by atoms with Gasteiger partial charge in [0.2, 0.25) is 10.0 Å². The molecule has 1 saturated carbocycles. The molecule has 114 valence electrons. The average Bonchev–Trinajstić information content (AvgIpc) is 2.77. The molecule has 3 N–H and O–H groups in total. The van der Waals surface area contributed by atoms with Crippen molar-refractivity contribution in [3.05, 3.63) is 17.6 Å². The van der Waals surface area contributed by atoms with Crippen molar-refractivity contribution in [1.29, 1.82) is 0 Å². The number of sulfonamides is 1. The minimum atomic E-state index is -3.54. The van der Waals surface area contributed by atoms with E-state index in [1.165, 1.54) is 12.5 Å². The Bertz CT molecular complexity index is 565. The van der Waals surface area contributed by atoms with Crippen molar-refractivity contribution in [3.8, 4) is 0 Å². The van der Waals surface area contributed by atoms with Gasteiger partial charge in [-0.05, 0) is 25.2 Å². The highest BCUT2D eigenvalue weighted by Crippen LogP contribution is 2.31. The Morgan fingerprint density at radius 3 is 2.70 bits per heavy atom. The van der Waals surface area contributed by atoms with Crippen molar-refractivity contribution in [1.82, 2.24) is 4.72 Å². The van der Waals surface area contributed by atoms with Gasteiger partial charge in [-0.15, -0.1) is 0 Å². The van der Waals surface area contributed by atoms with Crippen LogP contribution in [0.3, 0.4) is 0 Å². The van der Waals surface area contributed by atoms with Gasteiger partial charge in [0.1, 0.15) is 16.4 Å². The number of hydrogen-bond acceptors (Lipinski definition) is 4. The number of aryl methyl sites for hydroxylation is 1. The number of nitrogens with one attached hydrogen (secondary N) is 1. The molecule has 0 spiro atoms. The molecule has 0 radical (unpaired) electrons. The molecule has 1 heterocycles. The minimum Gasteiger partial charge on any atom is -0.464 e. The maximum atomic E-state index is 12.5. The van der Waals surface area contributed by atoms with Crippen molar-refractivity contribution in [2.24, 2.45) is 17.6 Å². The fourth-order valence-electron chi connectivity index (χ4n) is 2.90. The second kappa shape index (κ2) is 5.87. The normalized spacial score (nSPS) is 27.7. The Morgan fingerprint density at radius 1 is 1.40 bits per heavy atom. The molecule has 0 amide bonds. The Labute approximate surface area is 121 Å². The van der Waals surface area contributed by atoms with E-state index >= 15 is 0 Å². The summed E-state index contributed by atoms with van der Waals surface area (Å²) in [5.41, 5.74) is 5.49. The Kier molecular flexibility index (Phi) is 4.56. The third-order valence-corrected chi connectivity index (χ3v) is 6.02. The van der Waals surface area contributed by atoms with Crippen LogP contribution in [0.2, 0.25) is 0 Å². The number of furan rings is 1. The quantitative estimate of drug-likeness (QED) is 0.892. The highest BCUT2D eigenvalue weighted by Gasteiger charge is 2.32. The maximum Gasteiger partial charge on any atom is 0.244 e. The summed E-state index contributed by atoms with van der Waals surface area (Å²) in [6, 6.07) is 1.52. The van der Waals surface area contributed by atoms with E-state index in [-0.39, 0.29) is 17.5 Å². The molecule has 1 aromatic heterocycles. The van der Waals surface area contributed by atoms with Gasteiger partial charge in [-0.3, -0.25) is 0 Å². The molecule has 0 aliphatic heterocycles. The first-order valence-corrected chi connectivity index (χ1v) is 8.65. The lowest BCUT2D eigenvalue weighted by atomic mass is 9.78. The lowest BCUT2D eigenvalue weighted by molar-refractivity contribution is 0.227. The van der Waals surface area contributed by atoms with Gasteiger partial charge in [0.05, 0.1) is 6.54 Å². The van der Waals surface area contributed by atoms with Gasteiger partial charge in [-0.25, -0.2) is 13.1 Å². The molecule has 3 atom stereocenters. The highest BCUT2D eigenvalue weighted by molar-refractivity contribution is 7.89. The van der Waals surface area contributed by atoms with Crippen molar-refractivity contribution in [2.75, 3.05) is 0 Å². The molecular formula is C14H24N2O3S. The first-order valence-electron chi connectivity index (χ1n) is 7.17. The van der Waals surface area contributed by atoms with Gasteiger partial charge in [0.25, 0.3) is 0 Å². The predicted molar refractivity (Wildman–Crippen MR) is 77.6 cm³/mol. The standard InChI is InChI=1S/C14H24N2O3S/c1-9-5-4-6-13(10(9)2)16-20(17,18)14-7-12(8-15)19-11(14)3/h7,9-10,13,16H,4-6,8,15H2,1-3H3. The van der Waals surface area contributed by atoms with Gasteiger partial charge in [-0.1, -0.05) is 26.7 Å². The summed E-state index contributed by atoms with van der Waals surface area (Å²) in [5, 5.41) is 0. The van der Waals surface area contributed by atoms with E-state index in [9.17, 15) is 8.42 Å². The molecule has 3 unspecified atom stereocenters. The fourth-order valence-corrected chi connectivity index (χ4v) is 4.47. The first-order chi connectivity index (χ1) is 9.35. The molecule has 2 rings (SSSR count). The molecule has 0 aromatic carbocycles. The summed E-state index contributed by atoms with van der Waals surface area (Å²) in [6.07, 6.45) is 3.13. The molecule has 20 heavy (non-hydrogen) atoms. The van der Waals surface area contributed by atoms with E-state index in [0.29, 0.717) is 23.4 Å². The molecule has 0 bridgehead atoms. The molecular weight excluding hydrogens is 276 g/mol. The smallest absolute Gasteiger partial charge is 0.244 e. The molecule has 6 heteroatoms. The van der Waals surface area contributed by atoms with Crippen LogP contribution in [0.1, 0.15) is 44.6 Å². The highest BCUT2D eigenvalue weighted by atomic mass is 32.2. The summed E-state index contributed by atoms with van der Waals surface area (Å²) in [6.45, 7) is 6.15. The Morgan fingerprint density at radius 2 is 2.10 bits per heavy atom. The van der Waals surface area contributed by atoms with Gasteiger partial charge >= 0.3 is 0 Å². The third kappa shape index (κ3) is 3.07. The van der Waals surface area contributed by atoms with Crippen LogP contribution in [0.15, 0.2) is 15.4 Å². The van der Waals surface area contributed by atoms with Gasteiger partial charge in [0, 0.05) is 12.1 Å². The van der Waals surface area contributed by atoms with Gasteiger partial charge < -0.3 is 10.2 Å². The van der Waals surface area contributed by atoms with Crippen LogP contribution in [0.5, 0.6) is 0 Å². The number of nitrogens with two attached hydrogens (primary N) is 1. The number of rotatable bonds is 4. The van der Waals surface area contributed by atoms with Crippen LogP contribution >= 0.6 is 0 Å². The Balaban J connectivity index is 2.20. The summed E-state index contributed by atoms with van der Waals surface area (Å²) in [4.78, 5) is 0.211. The van der Waals surface area contributed by atoms with Crippen molar-refractivity contribution in [3.63, 3.8) is 0 Å². The zero-order chi connectivity index (χ0) is 14.9. The largest absolute Gasteiger partial charge is 0.464 e. The third-order valence-electron chi connectivity index (χ3n) is 4.43. The Hall–Kier alpha value is -0.850. The first kappa shape index (κ1) is 15.5. The zero-order valence-electron chi connectivity index (χ0n) is 12.3. The van der Waals surface area contributed by atoms with Crippen molar-refractivity contribution < 1.29 is 12.8 Å². The molecule has 1 fully saturated rings. The summed E-state index contributed by atoms with van der Waals surface area (Å²) >= 11 is 0. The summed E-state index contributed by atoms with van der Waals surface area (Å²) in [5.74, 6) is 1.78. The van der Waals surface area contributed by atoms with Gasteiger partial charge in [0.15, 0.2) is 0 Å². The van der Waals surface area contributed by atoms with E-state index < -0.39 is 10.0 Å². The number of hydrogen-bond donors (Lipinski definition) is 2. The predicted octanol–water partition coefficient (Wildman–Crippen LogP) is 2.15. The molecule has 1 aromatic rings. The van der Waals surface area contributed by atoms with Crippen LogP contribution in [0, 0.1) is 18.8 Å². The van der Waals surface area contributed by atoms with E-state index in [2.05, 4.69) is 18.6 Å². The van der Waals surface area contributed by atoms with Gasteiger partial charge in [-0.2, -0.15) is 0 Å². The topological polar surface area (TPSA) is 85.3 Å². The molecule has 1 aliphatic rings. The summed E-state index contributed by atoms with van der Waals surface area (Å²) in [7, 11) is -3.54. The lowest BCUT2D eigenvalue weighted by Gasteiger charge is -2.34. The van der Waals surface area contributed by atoms with E-state index in [1.807, 2.05) is 0 Å². The van der Waals surface area contributed by atoms with Crippen molar-refractivity contribution >= 4 is 10.0 Å². The maximum absolute atomic E-state index is 12.5. The van der Waals surface area contributed by atoms with E-state index in [4.69, 9.17) is 10.2 Å². The monoisotopic (exact) mass is 300 g/mol. The second-order valence-electron chi connectivity index (χ2n) is 5.83. The average molecular weight is 300 g/mol. The lowest BCUT2D eigenvalue weighted by Crippen LogP contribution is -2.43. The van der Waals surface area contributed by atoms with E-state index in [1.54, 1.807) is 6.92 Å². The van der Waals surface area contributed by atoms with Crippen LogP contribution in [-0.2, 0) is 16.6 Å². The minimum absolute atomic E-state index is 0.000577. The zero-order valence-corrected chi connectivity index (χ0v) is 13.2. The summed E-state index contributed by atoms with van der Waals surface area (Å²) < 4.78 is 33.2. The van der Waals surface area contributed by atoms with Crippen LogP contribution < -0.4 is 10.5 Å². The molecule has 1 aliphatic carbocycles. The molecule has 5 nitrogen and oxygen atoms in total. The SMILES string of the molecule is Cc1oc(CN)cc1S(=O)(=O)NC1CCCC(C)C1C. The van der Waals surface area contributed by atoms with E-state index in [0.717, 1.165) is 12.8 Å². The van der Waals surface area contributed by atoms with Crippen LogP contribution in [-0.4, -0.2) is 14.5 Å².